The predicted octanol–water partition coefficient (Wildman–Crippen LogP) is 4.88. The van der Waals surface area contributed by atoms with E-state index < -0.39 is 5.82 Å². The van der Waals surface area contributed by atoms with Crippen LogP contribution < -0.4 is 5.32 Å². The standard InChI is InChI=1S/C15H12Cl2FN/c16-13-6-11(18)7-14(17)15(13)19-8-10-5-9-3-1-2-4-12(9)10/h1-4,6-7,10,19H,5,8H2. The van der Waals surface area contributed by atoms with E-state index in [0.717, 1.165) is 13.0 Å². The smallest absolute Gasteiger partial charge is 0.126 e. The molecule has 1 nitrogen and oxygen atoms in total. The van der Waals surface area contributed by atoms with E-state index in [-0.39, 0.29) is 0 Å². The minimum atomic E-state index is -0.422. The lowest BCUT2D eigenvalue weighted by Crippen LogP contribution is -2.24. The number of nitrogens with one attached hydrogen (secondary N) is 1. The molecule has 0 heterocycles. The van der Waals surface area contributed by atoms with Crippen molar-refractivity contribution in [3.05, 3.63) is 63.4 Å². The van der Waals surface area contributed by atoms with Crippen LogP contribution in [0.2, 0.25) is 10.0 Å². The summed E-state index contributed by atoms with van der Waals surface area (Å²) >= 11 is 12.0. The van der Waals surface area contributed by atoms with Crippen molar-refractivity contribution in [1.29, 1.82) is 0 Å². The Morgan fingerprint density at radius 2 is 1.84 bits per heavy atom. The molecule has 1 aliphatic carbocycles. The highest BCUT2D eigenvalue weighted by molar-refractivity contribution is 6.39. The quantitative estimate of drug-likeness (QED) is 0.850. The fourth-order valence-electron chi connectivity index (χ4n) is 2.48. The highest BCUT2D eigenvalue weighted by atomic mass is 35.5. The maximum Gasteiger partial charge on any atom is 0.126 e. The molecule has 1 atom stereocenters. The minimum Gasteiger partial charge on any atom is -0.382 e. The summed E-state index contributed by atoms with van der Waals surface area (Å²) in [6, 6.07) is 10.9. The van der Waals surface area contributed by atoms with Gasteiger partial charge in [0.1, 0.15) is 5.82 Å². The summed E-state index contributed by atoms with van der Waals surface area (Å²) in [5, 5.41) is 3.86. The Morgan fingerprint density at radius 1 is 1.16 bits per heavy atom. The molecule has 3 rings (SSSR count). The van der Waals surface area contributed by atoms with Crippen molar-refractivity contribution in [3.8, 4) is 0 Å². The van der Waals surface area contributed by atoms with Gasteiger partial charge in [0.25, 0.3) is 0 Å². The zero-order valence-electron chi connectivity index (χ0n) is 10.1. The van der Waals surface area contributed by atoms with Gasteiger partial charge in [0.2, 0.25) is 0 Å². The Morgan fingerprint density at radius 3 is 2.53 bits per heavy atom. The van der Waals surface area contributed by atoms with Gasteiger partial charge in [-0.2, -0.15) is 0 Å². The lowest BCUT2D eigenvalue weighted by Gasteiger charge is -2.30. The molecule has 0 radical (unpaired) electrons. The molecular formula is C15H12Cl2FN. The molecule has 0 aliphatic heterocycles. The molecule has 2 aromatic rings. The van der Waals surface area contributed by atoms with E-state index in [4.69, 9.17) is 23.2 Å². The van der Waals surface area contributed by atoms with E-state index in [0.29, 0.717) is 21.7 Å². The Labute approximate surface area is 121 Å². The predicted molar refractivity (Wildman–Crippen MR) is 77.8 cm³/mol. The third kappa shape index (κ3) is 2.43. The molecule has 1 aliphatic rings. The van der Waals surface area contributed by atoms with Crippen LogP contribution in [0.1, 0.15) is 17.0 Å². The zero-order valence-corrected chi connectivity index (χ0v) is 11.6. The fraction of sp³-hybridized carbons (Fsp3) is 0.200. The van der Waals surface area contributed by atoms with Crippen LogP contribution in [-0.2, 0) is 6.42 Å². The van der Waals surface area contributed by atoms with Gasteiger partial charge in [-0.3, -0.25) is 0 Å². The molecule has 0 fully saturated rings. The third-order valence-electron chi connectivity index (χ3n) is 3.49. The van der Waals surface area contributed by atoms with E-state index in [1.165, 1.54) is 23.3 Å². The minimum absolute atomic E-state index is 0.317. The zero-order chi connectivity index (χ0) is 13.4. The fourth-order valence-corrected chi connectivity index (χ4v) is 3.08. The maximum atomic E-state index is 13.1. The second kappa shape index (κ2) is 5.03. The van der Waals surface area contributed by atoms with Crippen molar-refractivity contribution in [2.75, 3.05) is 11.9 Å². The Bertz CT molecular complexity index is 604. The first kappa shape index (κ1) is 12.8. The van der Waals surface area contributed by atoms with Crippen LogP contribution in [0.25, 0.3) is 0 Å². The lowest BCUT2D eigenvalue weighted by atomic mass is 9.77. The molecule has 1 N–H and O–H groups in total. The molecule has 0 spiro atoms. The Hall–Kier alpha value is -1.25. The van der Waals surface area contributed by atoms with Crippen LogP contribution in [0.3, 0.4) is 0 Å². The van der Waals surface area contributed by atoms with Crippen LogP contribution in [0.4, 0.5) is 10.1 Å². The van der Waals surface area contributed by atoms with Gasteiger partial charge in [-0.15, -0.1) is 0 Å². The summed E-state index contributed by atoms with van der Waals surface area (Å²) in [5.41, 5.74) is 3.36. The van der Waals surface area contributed by atoms with E-state index in [2.05, 4.69) is 23.5 Å². The van der Waals surface area contributed by atoms with Gasteiger partial charge in [0.05, 0.1) is 15.7 Å². The van der Waals surface area contributed by atoms with Gasteiger partial charge in [-0.25, -0.2) is 4.39 Å². The summed E-state index contributed by atoms with van der Waals surface area (Å²) in [4.78, 5) is 0. The molecule has 2 aromatic carbocycles. The first-order chi connectivity index (χ1) is 9.15. The van der Waals surface area contributed by atoms with Crippen molar-refractivity contribution in [3.63, 3.8) is 0 Å². The summed E-state index contributed by atoms with van der Waals surface area (Å²) in [6.45, 7) is 0.752. The lowest BCUT2D eigenvalue weighted by molar-refractivity contribution is 0.626. The number of fused-ring (bicyclic) bond motifs is 1. The van der Waals surface area contributed by atoms with E-state index in [1.54, 1.807) is 0 Å². The Balaban J connectivity index is 1.72. The topological polar surface area (TPSA) is 12.0 Å². The molecule has 0 bridgehead atoms. The van der Waals surface area contributed by atoms with Gasteiger partial charge < -0.3 is 5.32 Å². The molecule has 0 amide bonds. The summed E-state index contributed by atoms with van der Waals surface area (Å²) in [7, 11) is 0. The number of rotatable bonds is 3. The van der Waals surface area contributed by atoms with E-state index >= 15 is 0 Å². The number of anilines is 1. The summed E-state index contributed by atoms with van der Waals surface area (Å²) < 4.78 is 13.1. The van der Waals surface area contributed by atoms with Gasteiger partial charge >= 0.3 is 0 Å². The van der Waals surface area contributed by atoms with Gasteiger partial charge in [0.15, 0.2) is 0 Å². The van der Waals surface area contributed by atoms with Crippen LogP contribution in [0, 0.1) is 5.82 Å². The molecule has 0 aromatic heterocycles. The number of halogens is 3. The average molecular weight is 296 g/mol. The van der Waals surface area contributed by atoms with E-state index in [9.17, 15) is 4.39 Å². The number of hydrogen-bond acceptors (Lipinski definition) is 1. The molecule has 0 saturated heterocycles. The number of benzene rings is 2. The first-order valence-electron chi connectivity index (χ1n) is 6.11. The maximum absolute atomic E-state index is 13.1. The van der Waals surface area contributed by atoms with Crippen molar-refractivity contribution < 1.29 is 4.39 Å². The summed E-state index contributed by atoms with van der Waals surface area (Å²) in [6.07, 6.45) is 1.06. The molecule has 0 saturated carbocycles. The van der Waals surface area contributed by atoms with Crippen molar-refractivity contribution in [2.45, 2.75) is 12.3 Å². The van der Waals surface area contributed by atoms with Crippen molar-refractivity contribution in [1.82, 2.24) is 0 Å². The largest absolute Gasteiger partial charge is 0.382 e. The molecule has 4 heteroatoms. The van der Waals surface area contributed by atoms with Crippen LogP contribution in [0.15, 0.2) is 36.4 Å². The van der Waals surface area contributed by atoms with E-state index in [1.807, 2.05) is 6.07 Å². The second-order valence-corrected chi connectivity index (χ2v) is 5.54. The number of hydrogen-bond donors (Lipinski definition) is 1. The van der Waals surface area contributed by atoms with Crippen LogP contribution in [-0.4, -0.2) is 6.54 Å². The van der Waals surface area contributed by atoms with Gasteiger partial charge in [-0.1, -0.05) is 47.5 Å². The van der Waals surface area contributed by atoms with Crippen LogP contribution >= 0.6 is 23.2 Å². The highest BCUT2D eigenvalue weighted by Gasteiger charge is 2.25. The SMILES string of the molecule is Fc1cc(Cl)c(NCC2Cc3ccccc32)c(Cl)c1. The van der Waals surface area contributed by atoms with Crippen molar-refractivity contribution >= 4 is 28.9 Å². The average Bonchev–Trinajstić information content (AvgIpc) is 2.33. The Kier molecular flexibility index (Phi) is 3.38. The molecule has 1 unspecified atom stereocenters. The highest BCUT2D eigenvalue weighted by Crippen LogP contribution is 2.37. The normalized spacial score (nSPS) is 16.7. The van der Waals surface area contributed by atoms with Gasteiger partial charge in [-0.05, 0) is 29.7 Å². The second-order valence-electron chi connectivity index (χ2n) is 4.73. The van der Waals surface area contributed by atoms with Crippen LogP contribution in [0.5, 0.6) is 0 Å². The third-order valence-corrected chi connectivity index (χ3v) is 4.09. The van der Waals surface area contributed by atoms with Crippen molar-refractivity contribution in [2.24, 2.45) is 0 Å². The molecule has 98 valence electrons. The first-order valence-corrected chi connectivity index (χ1v) is 6.87. The monoisotopic (exact) mass is 295 g/mol. The summed E-state index contributed by atoms with van der Waals surface area (Å²) in [5.74, 6) is 0.0444. The molecule has 19 heavy (non-hydrogen) atoms. The van der Waals surface area contributed by atoms with Gasteiger partial charge in [0, 0.05) is 12.5 Å². The molecular weight excluding hydrogens is 284 g/mol.